The van der Waals surface area contributed by atoms with Crippen molar-refractivity contribution in [3.8, 4) is 0 Å². The van der Waals surface area contributed by atoms with Gasteiger partial charge in [0, 0.05) is 4.47 Å². The number of aliphatic hydroxyl groups excluding tert-OH is 1. The highest BCUT2D eigenvalue weighted by atomic mass is 79.9. The van der Waals surface area contributed by atoms with E-state index in [4.69, 9.17) is 0 Å². The third-order valence-electron chi connectivity index (χ3n) is 3.06. The second kappa shape index (κ2) is 4.45. The van der Waals surface area contributed by atoms with E-state index in [2.05, 4.69) is 15.9 Å². The number of hydrogen-bond acceptors (Lipinski definition) is 1. The lowest BCUT2D eigenvalue weighted by atomic mass is 9.95. The minimum Gasteiger partial charge on any atom is -0.388 e. The first-order chi connectivity index (χ1) is 6.77. The Labute approximate surface area is 93.3 Å². The van der Waals surface area contributed by atoms with Crippen LogP contribution in [0.3, 0.4) is 0 Å². The van der Waals surface area contributed by atoms with E-state index in [0.29, 0.717) is 5.92 Å². The Morgan fingerprint density at radius 1 is 1.14 bits per heavy atom. The van der Waals surface area contributed by atoms with Crippen molar-refractivity contribution in [2.24, 2.45) is 5.92 Å². The Balaban J connectivity index is 2.09. The largest absolute Gasteiger partial charge is 0.388 e. The van der Waals surface area contributed by atoms with Crippen molar-refractivity contribution in [1.82, 2.24) is 0 Å². The van der Waals surface area contributed by atoms with Gasteiger partial charge in [-0.15, -0.1) is 0 Å². The quantitative estimate of drug-likeness (QED) is 0.854. The summed E-state index contributed by atoms with van der Waals surface area (Å²) in [5.41, 5.74) is 1.06. The van der Waals surface area contributed by atoms with Gasteiger partial charge in [0.15, 0.2) is 0 Å². The van der Waals surface area contributed by atoms with Gasteiger partial charge in [-0.25, -0.2) is 0 Å². The van der Waals surface area contributed by atoms with Gasteiger partial charge in [0.1, 0.15) is 0 Å². The smallest absolute Gasteiger partial charge is 0.0818 e. The maximum Gasteiger partial charge on any atom is 0.0818 e. The molecule has 1 N–H and O–H groups in total. The average molecular weight is 255 g/mol. The van der Waals surface area contributed by atoms with Gasteiger partial charge in [-0.1, -0.05) is 40.9 Å². The molecule has 1 nitrogen and oxygen atoms in total. The van der Waals surface area contributed by atoms with Crippen molar-refractivity contribution in [1.29, 1.82) is 0 Å². The van der Waals surface area contributed by atoms with E-state index >= 15 is 0 Å². The Morgan fingerprint density at radius 3 is 2.29 bits per heavy atom. The van der Waals surface area contributed by atoms with Crippen molar-refractivity contribution in [2.75, 3.05) is 0 Å². The van der Waals surface area contributed by atoms with Gasteiger partial charge in [-0.2, -0.15) is 0 Å². The molecule has 2 heteroatoms. The topological polar surface area (TPSA) is 20.2 Å². The molecule has 1 aromatic rings. The predicted octanol–water partition coefficient (Wildman–Crippen LogP) is 3.67. The van der Waals surface area contributed by atoms with Crippen molar-refractivity contribution >= 4 is 15.9 Å². The van der Waals surface area contributed by atoms with Crippen LogP contribution in [-0.4, -0.2) is 5.11 Å². The highest BCUT2D eigenvalue weighted by Gasteiger charge is 2.23. The van der Waals surface area contributed by atoms with Crippen LogP contribution in [0, 0.1) is 5.92 Å². The Morgan fingerprint density at radius 2 is 1.71 bits per heavy atom. The molecule has 14 heavy (non-hydrogen) atoms. The highest BCUT2D eigenvalue weighted by Crippen LogP contribution is 2.35. The SMILES string of the molecule is O[C@H](c1ccc(Br)cc1)C1CCCC1. The van der Waals surface area contributed by atoms with Gasteiger partial charge in [0.25, 0.3) is 0 Å². The number of halogens is 1. The fraction of sp³-hybridized carbons (Fsp3) is 0.500. The summed E-state index contributed by atoms with van der Waals surface area (Å²) >= 11 is 3.40. The van der Waals surface area contributed by atoms with Crippen molar-refractivity contribution in [3.63, 3.8) is 0 Å². The standard InChI is InChI=1S/C12H15BrO/c13-11-7-5-10(6-8-11)12(14)9-3-1-2-4-9/h5-9,12,14H,1-4H2/t12-/m0/s1. The minimum atomic E-state index is -0.259. The molecule has 76 valence electrons. The van der Waals surface area contributed by atoms with Crippen LogP contribution in [0.4, 0.5) is 0 Å². The summed E-state index contributed by atoms with van der Waals surface area (Å²) in [6, 6.07) is 8.00. The van der Waals surface area contributed by atoms with Crippen molar-refractivity contribution in [3.05, 3.63) is 34.3 Å². The van der Waals surface area contributed by atoms with E-state index in [1.807, 2.05) is 24.3 Å². The molecule has 1 saturated carbocycles. The van der Waals surface area contributed by atoms with Gasteiger partial charge in [0.05, 0.1) is 6.10 Å². The second-order valence-corrected chi connectivity index (χ2v) is 4.96. The lowest BCUT2D eigenvalue weighted by molar-refractivity contribution is 0.111. The Kier molecular flexibility index (Phi) is 3.24. The molecule has 0 aromatic heterocycles. The molecular formula is C12H15BrO. The zero-order valence-corrected chi connectivity index (χ0v) is 9.70. The van der Waals surface area contributed by atoms with Crippen LogP contribution in [-0.2, 0) is 0 Å². The molecule has 0 unspecified atom stereocenters. The molecule has 0 radical (unpaired) electrons. The summed E-state index contributed by atoms with van der Waals surface area (Å²) in [5.74, 6) is 0.483. The summed E-state index contributed by atoms with van der Waals surface area (Å²) in [4.78, 5) is 0. The highest BCUT2D eigenvalue weighted by molar-refractivity contribution is 9.10. The second-order valence-electron chi connectivity index (χ2n) is 4.04. The molecule has 1 aliphatic rings. The van der Waals surface area contributed by atoms with Crippen LogP contribution < -0.4 is 0 Å². The number of aliphatic hydroxyl groups is 1. The predicted molar refractivity (Wildman–Crippen MR) is 61.1 cm³/mol. The maximum atomic E-state index is 10.1. The fourth-order valence-electron chi connectivity index (χ4n) is 2.21. The van der Waals surface area contributed by atoms with E-state index in [1.54, 1.807) is 0 Å². The number of rotatable bonds is 2. The molecule has 1 fully saturated rings. The molecule has 0 bridgehead atoms. The molecular weight excluding hydrogens is 240 g/mol. The van der Waals surface area contributed by atoms with Gasteiger partial charge < -0.3 is 5.11 Å². The van der Waals surface area contributed by atoms with E-state index < -0.39 is 0 Å². The molecule has 1 aromatic carbocycles. The first-order valence-corrected chi connectivity index (χ1v) is 6.00. The lowest BCUT2D eigenvalue weighted by Crippen LogP contribution is -2.08. The molecule has 0 spiro atoms. The molecule has 0 saturated heterocycles. The fourth-order valence-corrected chi connectivity index (χ4v) is 2.47. The van der Waals surface area contributed by atoms with Crippen LogP contribution in [0.2, 0.25) is 0 Å². The van der Waals surface area contributed by atoms with Gasteiger partial charge >= 0.3 is 0 Å². The first kappa shape index (κ1) is 10.2. The lowest BCUT2D eigenvalue weighted by Gasteiger charge is -2.17. The number of benzene rings is 1. The molecule has 0 heterocycles. The van der Waals surface area contributed by atoms with E-state index in [-0.39, 0.29) is 6.10 Å². The van der Waals surface area contributed by atoms with Crippen LogP contribution in [0.5, 0.6) is 0 Å². The van der Waals surface area contributed by atoms with E-state index in [0.717, 1.165) is 10.0 Å². The summed E-state index contributed by atoms with van der Waals surface area (Å²) < 4.78 is 1.07. The van der Waals surface area contributed by atoms with Gasteiger partial charge in [-0.05, 0) is 36.5 Å². The Bertz CT molecular complexity index is 288. The van der Waals surface area contributed by atoms with Crippen LogP contribution in [0.1, 0.15) is 37.4 Å². The third-order valence-corrected chi connectivity index (χ3v) is 3.59. The van der Waals surface area contributed by atoms with E-state index in [9.17, 15) is 5.11 Å². The minimum absolute atomic E-state index is 0.259. The molecule has 0 amide bonds. The third kappa shape index (κ3) is 2.18. The molecule has 0 aliphatic heterocycles. The first-order valence-electron chi connectivity index (χ1n) is 5.21. The molecule has 1 atom stereocenters. The zero-order chi connectivity index (χ0) is 9.97. The zero-order valence-electron chi connectivity index (χ0n) is 8.12. The van der Waals surface area contributed by atoms with Crippen LogP contribution in [0.25, 0.3) is 0 Å². The molecule has 2 rings (SSSR count). The summed E-state index contributed by atoms with van der Waals surface area (Å²) in [6.07, 6.45) is 4.65. The van der Waals surface area contributed by atoms with Crippen molar-refractivity contribution in [2.45, 2.75) is 31.8 Å². The van der Waals surface area contributed by atoms with Gasteiger partial charge in [-0.3, -0.25) is 0 Å². The molecule has 1 aliphatic carbocycles. The van der Waals surface area contributed by atoms with Crippen LogP contribution >= 0.6 is 15.9 Å². The Hall–Kier alpha value is -0.340. The number of hydrogen-bond donors (Lipinski definition) is 1. The summed E-state index contributed by atoms with van der Waals surface area (Å²) in [6.45, 7) is 0. The monoisotopic (exact) mass is 254 g/mol. The maximum absolute atomic E-state index is 10.1. The van der Waals surface area contributed by atoms with E-state index in [1.165, 1.54) is 25.7 Å². The summed E-state index contributed by atoms with van der Waals surface area (Å²) in [7, 11) is 0. The summed E-state index contributed by atoms with van der Waals surface area (Å²) in [5, 5.41) is 10.1. The van der Waals surface area contributed by atoms with Gasteiger partial charge in [0.2, 0.25) is 0 Å². The average Bonchev–Trinajstić information content (AvgIpc) is 2.71. The van der Waals surface area contributed by atoms with Crippen LogP contribution in [0.15, 0.2) is 28.7 Å². The normalized spacial score (nSPS) is 19.9. The van der Waals surface area contributed by atoms with Crippen molar-refractivity contribution < 1.29 is 5.11 Å².